The zero-order valence-electron chi connectivity index (χ0n) is 39.5. The van der Waals surface area contributed by atoms with Crippen LogP contribution in [0.1, 0.15) is 297 Å². The van der Waals surface area contributed by atoms with Crippen molar-refractivity contribution in [3.8, 4) is 0 Å². The van der Waals surface area contributed by atoms with Gasteiger partial charge in [0.25, 0.3) is 0 Å². The second kappa shape index (κ2) is 46.9. The summed E-state index contributed by atoms with van der Waals surface area (Å²) in [4.78, 5) is 26.1. The number of hydrogen-bond donors (Lipinski definition) is 3. The van der Waals surface area contributed by atoms with Crippen LogP contribution in [0.25, 0.3) is 0 Å². The van der Waals surface area contributed by atoms with Crippen LogP contribution in [0.4, 0.5) is 0 Å². The van der Waals surface area contributed by atoms with E-state index in [1.807, 2.05) is 0 Å². The fraction of sp³-hybridized carbons (Fsp3) is 0.962. The van der Waals surface area contributed by atoms with Gasteiger partial charge < -0.3 is 20.3 Å². The molecule has 1 amide bonds. The SMILES string of the molecule is CCCCCCCCCCCCCCCCC(=O)OC(CCCCCCCCCCCCCCCC)CC(=O)NC(CO)C(O)CCCCCCCCCCCCC. The van der Waals surface area contributed by atoms with Crippen LogP contribution in [-0.2, 0) is 14.3 Å². The van der Waals surface area contributed by atoms with Crippen molar-refractivity contribution in [2.45, 2.75) is 315 Å². The monoisotopic (exact) mass is 822 g/mol. The minimum absolute atomic E-state index is 0.0879. The molecule has 0 rings (SSSR count). The molecule has 3 atom stereocenters. The second-order valence-corrected chi connectivity index (χ2v) is 18.3. The van der Waals surface area contributed by atoms with Gasteiger partial charge in [0.05, 0.1) is 25.2 Å². The van der Waals surface area contributed by atoms with Gasteiger partial charge in [0.2, 0.25) is 5.91 Å². The summed E-state index contributed by atoms with van der Waals surface area (Å²) in [5, 5.41) is 23.7. The fourth-order valence-corrected chi connectivity index (χ4v) is 8.43. The van der Waals surface area contributed by atoms with Crippen molar-refractivity contribution in [1.82, 2.24) is 5.32 Å². The largest absolute Gasteiger partial charge is 0.462 e. The molecule has 6 heteroatoms. The van der Waals surface area contributed by atoms with Gasteiger partial charge in [0.15, 0.2) is 0 Å². The number of carbonyl (C=O) groups excluding carboxylic acids is 2. The lowest BCUT2D eigenvalue weighted by Gasteiger charge is -2.24. The van der Waals surface area contributed by atoms with E-state index in [9.17, 15) is 19.8 Å². The first-order valence-corrected chi connectivity index (χ1v) is 26.3. The Morgan fingerprint density at radius 1 is 0.431 bits per heavy atom. The normalized spacial score (nSPS) is 13.1. The van der Waals surface area contributed by atoms with E-state index in [-0.39, 0.29) is 24.9 Å². The topological polar surface area (TPSA) is 95.9 Å². The smallest absolute Gasteiger partial charge is 0.306 e. The van der Waals surface area contributed by atoms with Gasteiger partial charge in [-0.1, -0.05) is 258 Å². The van der Waals surface area contributed by atoms with Gasteiger partial charge in [0.1, 0.15) is 6.10 Å². The first-order valence-electron chi connectivity index (χ1n) is 26.3. The molecule has 58 heavy (non-hydrogen) atoms. The van der Waals surface area contributed by atoms with E-state index in [1.54, 1.807) is 0 Å². The van der Waals surface area contributed by atoms with E-state index in [4.69, 9.17) is 4.74 Å². The summed E-state index contributed by atoms with van der Waals surface area (Å²) in [5.41, 5.74) is 0. The molecule has 0 aromatic heterocycles. The summed E-state index contributed by atoms with van der Waals surface area (Å²) in [5.74, 6) is -0.450. The molecule has 0 bridgehead atoms. The van der Waals surface area contributed by atoms with Crippen molar-refractivity contribution in [2.24, 2.45) is 0 Å². The Labute approximate surface area is 362 Å². The third-order valence-corrected chi connectivity index (χ3v) is 12.4. The van der Waals surface area contributed by atoms with Crippen molar-refractivity contribution in [1.29, 1.82) is 0 Å². The zero-order chi connectivity index (χ0) is 42.4. The Morgan fingerprint density at radius 3 is 1.05 bits per heavy atom. The van der Waals surface area contributed by atoms with Crippen molar-refractivity contribution in [3.05, 3.63) is 0 Å². The summed E-state index contributed by atoms with van der Waals surface area (Å²) >= 11 is 0. The Kier molecular flexibility index (Phi) is 46.0. The Bertz CT molecular complexity index is 837. The number of nitrogens with one attached hydrogen (secondary N) is 1. The maximum atomic E-state index is 13.2. The zero-order valence-corrected chi connectivity index (χ0v) is 39.5. The predicted molar refractivity (Wildman–Crippen MR) is 250 cm³/mol. The second-order valence-electron chi connectivity index (χ2n) is 18.3. The average Bonchev–Trinajstić information content (AvgIpc) is 3.22. The maximum Gasteiger partial charge on any atom is 0.306 e. The van der Waals surface area contributed by atoms with E-state index < -0.39 is 18.2 Å². The van der Waals surface area contributed by atoms with E-state index in [1.165, 1.54) is 212 Å². The van der Waals surface area contributed by atoms with E-state index in [2.05, 4.69) is 26.1 Å². The molecule has 0 aliphatic carbocycles. The molecule has 0 fully saturated rings. The van der Waals surface area contributed by atoms with Crippen molar-refractivity contribution < 1.29 is 24.5 Å². The lowest BCUT2D eigenvalue weighted by atomic mass is 10.0. The average molecular weight is 822 g/mol. The molecule has 0 aromatic rings. The minimum Gasteiger partial charge on any atom is -0.462 e. The summed E-state index contributed by atoms with van der Waals surface area (Å²) in [7, 11) is 0. The number of esters is 1. The molecule has 0 radical (unpaired) electrons. The Balaban J connectivity index is 4.52. The maximum absolute atomic E-state index is 13.2. The van der Waals surface area contributed by atoms with E-state index >= 15 is 0 Å². The minimum atomic E-state index is -0.778. The van der Waals surface area contributed by atoms with Crippen molar-refractivity contribution in [2.75, 3.05) is 6.61 Å². The molecular formula is C52H103NO5. The van der Waals surface area contributed by atoms with Crippen LogP contribution in [0, 0.1) is 0 Å². The van der Waals surface area contributed by atoms with Gasteiger partial charge in [-0.25, -0.2) is 0 Å². The Hall–Kier alpha value is -1.14. The molecule has 0 aliphatic rings. The Morgan fingerprint density at radius 2 is 0.724 bits per heavy atom. The number of amides is 1. The molecule has 3 unspecified atom stereocenters. The molecular weight excluding hydrogens is 719 g/mol. The lowest BCUT2D eigenvalue weighted by molar-refractivity contribution is -0.151. The van der Waals surface area contributed by atoms with Crippen molar-refractivity contribution >= 4 is 11.9 Å². The number of unbranched alkanes of at least 4 members (excludes halogenated alkanes) is 36. The first kappa shape index (κ1) is 56.9. The van der Waals surface area contributed by atoms with Gasteiger partial charge in [-0.15, -0.1) is 0 Å². The van der Waals surface area contributed by atoms with E-state index in [0.717, 1.165) is 38.5 Å². The van der Waals surface area contributed by atoms with E-state index in [0.29, 0.717) is 19.3 Å². The lowest BCUT2D eigenvalue weighted by Crippen LogP contribution is -2.46. The fourth-order valence-electron chi connectivity index (χ4n) is 8.43. The molecule has 0 heterocycles. The van der Waals surface area contributed by atoms with Crippen molar-refractivity contribution in [3.63, 3.8) is 0 Å². The highest BCUT2D eigenvalue weighted by atomic mass is 16.5. The summed E-state index contributed by atoms with van der Waals surface area (Å²) in [6, 6.07) is -0.691. The highest BCUT2D eigenvalue weighted by Gasteiger charge is 2.24. The number of aliphatic hydroxyl groups excluding tert-OH is 2. The third-order valence-electron chi connectivity index (χ3n) is 12.4. The predicted octanol–water partition coefficient (Wildman–Crippen LogP) is 15.6. The van der Waals surface area contributed by atoms with Gasteiger partial charge in [-0.2, -0.15) is 0 Å². The quantitative estimate of drug-likeness (QED) is 0.0420. The van der Waals surface area contributed by atoms with Crippen LogP contribution < -0.4 is 5.32 Å². The molecule has 3 N–H and O–H groups in total. The number of ether oxygens (including phenoxy) is 1. The summed E-state index contributed by atoms with van der Waals surface area (Å²) in [6.07, 6.45) is 50.2. The van der Waals surface area contributed by atoms with Crippen LogP contribution in [0.2, 0.25) is 0 Å². The number of rotatable bonds is 48. The first-order chi connectivity index (χ1) is 28.5. The molecule has 0 spiro atoms. The summed E-state index contributed by atoms with van der Waals surface area (Å²) < 4.78 is 5.94. The number of carbonyl (C=O) groups is 2. The standard InChI is InChI=1S/C52H103NO5/c1-4-7-10-13-16-19-22-24-26-29-31-34-37-40-43-48(58-52(57)45-42-39-36-33-30-27-25-23-20-17-14-11-8-5-2)46-51(56)53-49(47-54)50(55)44-41-38-35-32-28-21-18-15-12-9-6-3/h48-50,54-55H,4-47H2,1-3H3,(H,53,56). The highest BCUT2D eigenvalue weighted by molar-refractivity contribution is 5.77. The molecule has 0 saturated carbocycles. The number of aliphatic hydroxyl groups is 2. The van der Waals surface area contributed by atoms with Crippen LogP contribution in [0.5, 0.6) is 0 Å². The molecule has 0 aromatic carbocycles. The molecule has 346 valence electrons. The van der Waals surface area contributed by atoms with Gasteiger partial charge in [-0.3, -0.25) is 9.59 Å². The van der Waals surface area contributed by atoms with Crippen LogP contribution in [-0.4, -0.2) is 46.9 Å². The van der Waals surface area contributed by atoms with Crippen LogP contribution in [0.3, 0.4) is 0 Å². The molecule has 6 nitrogen and oxygen atoms in total. The van der Waals surface area contributed by atoms with Crippen LogP contribution in [0.15, 0.2) is 0 Å². The molecule has 0 aliphatic heterocycles. The summed E-state index contributed by atoms with van der Waals surface area (Å²) in [6.45, 7) is 6.51. The van der Waals surface area contributed by atoms with Gasteiger partial charge in [0, 0.05) is 6.42 Å². The van der Waals surface area contributed by atoms with Gasteiger partial charge in [-0.05, 0) is 25.7 Å². The van der Waals surface area contributed by atoms with Gasteiger partial charge >= 0.3 is 5.97 Å². The number of hydrogen-bond acceptors (Lipinski definition) is 5. The van der Waals surface area contributed by atoms with Crippen LogP contribution >= 0.6 is 0 Å². The molecule has 0 saturated heterocycles. The highest BCUT2D eigenvalue weighted by Crippen LogP contribution is 2.19. The third kappa shape index (κ3) is 41.6.